The molecule has 1 aliphatic rings. The Bertz CT molecular complexity index is 1020. The van der Waals surface area contributed by atoms with E-state index >= 15 is 0 Å². The Balaban J connectivity index is -0.00000225. The monoisotopic (exact) mass is 588 g/mol. The van der Waals surface area contributed by atoms with E-state index in [0.29, 0.717) is 0 Å². The summed E-state index contributed by atoms with van der Waals surface area (Å²) >= 11 is 4.87. The number of nitrogens with one attached hydrogen (secondary N) is 1. The summed E-state index contributed by atoms with van der Waals surface area (Å²) < 4.78 is 49.4. The minimum absolute atomic E-state index is 0. The van der Waals surface area contributed by atoms with E-state index in [-0.39, 0.29) is 123 Å². The minimum Gasteiger partial charge on any atom is -0.790 e. The van der Waals surface area contributed by atoms with Gasteiger partial charge in [0.05, 0.1) is 14.4 Å². The summed E-state index contributed by atoms with van der Waals surface area (Å²) in [5.41, 5.74) is -0.562. The molecular weight excluding hydrogens is 577 g/mol. The van der Waals surface area contributed by atoms with Gasteiger partial charge in [-0.15, -0.1) is 0 Å². The van der Waals surface area contributed by atoms with E-state index in [2.05, 4.69) is 18.1 Å². The van der Waals surface area contributed by atoms with Gasteiger partial charge in [-0.3, -0.25) is 27.8 Å². The molecule has 0 saturated carbocycles. The molecule has 0 bridgehead atoms. The summed E-state index contributed by atoms with van der Waals surface area (Å²) in [5.74, 6) is 0. The molecule has 1 aliphatic heterocycles. The number of phosphoric acid groups is 3. The molecule has 2 rings (SSSR count). The molecule has 0 amide bonds. The van der Waals surface area contributed by atoms with E-state index in [4.69, 9.17) is 17.0 Å². The molecule has 2 heterocycles. The predicted octanol–water partition coefficient (Wildman–Crippen LogP) is -15.6. The molecule has 3 N–H and O–H groups in total. The second kappa shape index (κ2) is 16.5. The zero-order valence-electron chi connectivity index (χ0n) is 17.7. The number of hydrogen-bond acceptors (Lipinski definition) is 15. The van der Waals surface area contributed by atoms with Gasteiger partial charge < -0.3 is 43.6 Å². The van der Waals surface area contributed by atoms with Crippen molar-refractivity contribution >= 4 is 35.7 Å². The molecule has 16 nitrogen and oxygen atoms in total. The molecule has 6 atom stereocenters. The van der Waals surface area contributed by atoms with Crippen molar-refractivity contribution in [1.29, 1.82) is 0 Å². The van der Waals surface area contributed by atoms with Crippen molar-refractivity contribution in [3.05, 3.63) is 27.4 Å². The van der Waals surface area contributed by atoms with Crippen LogP contribution < -0.4 is 143 Å². The zero-order chi connectivity index (χ0) is 22.2. The number of rotatable bonds is 8. The van der Waals surface area contributed by atoms with Gasteiger partial charge in [0.1, 0.15) is 18.3 Å². The number of phosphoric ester groups is 1. The zero-order valence-corrected chi connectivity index (χ0v) is 29.2. The number of aliphatic hydroxyl groups is 2. The molecule has 1 saturated heterocycles. The average Bonchev–Trinajstić information content (AvgIpc) is 2.78. The molecule has 0 aromatic carbocycles. The Labute approximate surface area is 279 Å². The molecule has 33 heavy (non-hydrogen) atoms. The van der Waals surface area contributed by atoms with Crippen LogP contribution in [0.3, 0.4) is 0 Å². The summed E-state index contributed by atoms with van der Waals surface area (Å²) in [4.78, 5) is 56.5. The van der Waals surface area contributed by atoms with E-state index in [1.165, 1.54) is 0 Å². The van der Waals surface area contributed by atoms with Crippen molar-refractivity contribution in [2.24, 2.45) is 0 Å². The van der Waals surface area contributed by atoms with Gasteiger partial charge in [0.25, 0.3) is 21.2 Å². The van der Waals surface area contributed by atoms with Crippen molar-refractivity contribution in [3.8, 4) is 0 Å². The summed E-state index contributed by atoms with van der Waals surface area (Å²) in [6.07, 6.45) is -5.24. The van der Waals surface area contributed by atoms with Crippen molar-refractivity contribution in [2.75, 3.05) is 6.61 Å². The third-order valence-electron chi connectivity index (χ3n) is 3.26. The fourth-order valence-electron chi connectivity index (χ4n) is 2.17. The van der Waals surface area contributed by atoms with Gasteiger partial charge in [-0.1, -0.05) is 0 Å². The van der Waals surface area contributed by atoms with E-state index in [1.54, 1.807) is 0 Å². The maximum Gasteiger partial charge on any atom is 1.00 e. The Kier molecular flexibility index (Phi) is 20.4. The molecule has 1 aromatic rings. The summed E-state index contributed by atoms with van der Waals surface area (Å²) in [6.45, 7) is -1.10. The van der Waals surface area contributed by atoms with E-state index in [1.807, 2.05) is 0 Å². The summed E-state index contributed by atoms with van der Waals surface area (Å²) in [7, 11) is -18.1. The fraction of sp³-hybridized carbons (Fsp3) is 0.556. The Morgan fingerprint density at radius 2 is 1.58 bits per heavy atom. The third-order valence-corrected chi connectivity index (χ3v) is 7.24. The molecule has 1 aromatic heterocycles. The second-order valence-corrected chi connectivity index (χ2v) is 10.00. The maximum absolute atomic E-state index is 11.5. The Hall–Kier alpha value is 3.39. The van der Waals surface area contributed by atoms with Gasteiger partial charge in [0.2, 0.25) is 0 Å². The number of aliphatic hydroxyl groups excluding tert-OH is 2. The van der Waals surface area contributed by atoms with E-state index in [9.17, 15) is 48.3 Å². The SMILES string of the molecule is O=c1ccn([C@@H]2O[C@H](COP(=O)([O-])OP(=O)([O-])OP(=O)([O-])[O-])C(O)[C@@H]2O)c(=S)[nH]1.[Na+].[Na+].[Na+].[Na+]. The van der Waals surface area contributed by atoms with Gasteiger partial charge in [0.15, 0.2) is 11.0 Å². The number of aromatic amines is 1. The van der Waals surface area contributed by atoms with Gasteiger partial charge in [0, 0.05) is 12.3 Å². The smallest absolute Gasteiger partial charge is 0.790 e. The Morgan fingerprint density at radius 3 is 2.06 bits per heavy atom. The van der Waals surface area contributed by atoms with Crippen LogP contribution in [0.25, 0.3) is 0 Å². The van der Waals surface area contributed by atoms with Crippen molar-refractivity contribution < 1.29 is 180 Å². The molecule has 3 unspecified atom stereocenters. The molecule has 0 spiro atoms. The number of nitrogens with zero attached hydrogens (tertiary/aromatic N) is 1. The fourth-order valence-corrected chi connectivity index (χ4v) is 5.30. The van der Waals surface area contributed by atoms with Crippen LogP contribution in [0.5, 0.6) is 0 Å². The normalized spacial score (nSPS) is 25.8. The first kappa shape index (κ1) is 40.9. The maximum atomic E-state index is 11.5. The van der Waals surface area contributed by atoms with Crippen LogP contribution in [-0.4, -0.2) is 44.7 Å². The van der Waals surface area contributed by atoms with Crippen LogP contribution in [0.2, 0.25) is 0 Å². The summed E-state index contributed by atoms with van der Waals surface area (Å²) in [5, 5.41) is 20.0. The van der Waals surface area contributed by atoms with Gasteiger partial charge in [-0.05, 0) is 12.2 Å². The first-order chi connectivity index (χ1) is 13.1. The van der Waals surface area contributed by atoms with Crippen LogP contribution in [-0.2, 0) is 31.6 Å². The molecule has 0 radical (unpaired) electrons. The van der Waals surface area contributed by atoms with Crippen molar-refractivity contribution in [1.82, 2.24) is 9.55 Å². The van der Waals surface area contributed by atoms with Gasteiger partial charge in [-0.25, -0.2) is 4.31 Å². The number of aromatic nitrogens is 2. The Morgan fingerprint density at radius 1 is 1.03 bits per heavy atom. The predicted molar refractivity (Wildman–Crippen MR) is 82.8 cm³/mol. The molecular formula is C9H11N2Na4O14P3S. The first-order valence-corrected chi connectivity index (χ1v) is 11.9. The molecule has 0 aliphatic carbocycles. The topological polar surface area (TPSA) is 259 Å². The van der Waals surface area contributed by atoms with E-state index < -0.39 is 60.2 Å². The number of hydrogen-bond donors (Lipinski definition) is 3. The van der Waals surface area contributed by atoms with Crippen LogP contribution in [0.15, 0.2) is 17.1 Å². The quantitative estimate of drug-likeness (QED) is 0.145. The number of H-pyrrole nitrogens is 1. The first-order valence-electron chi connectivity index (χ1n) is 7.15. The van der Waals surface area contributed by atoms with Crippen LogP contribution in [0.4, 0.5) is 0 Å². The van der Waals surface area contributed by atoms with Crippen LogP contribution >= 0.6 is 35.7 Å². The minimum atomic E-state index is -6.14. The van der Waals surface area contributed by atoms with E-state index in [0.717, 1.165) is 16.8 Å². The van der Waals surface area contributed by atoms with Crippen LogP contribution in [0.1, 0.15) is 6.23 Å². The molecule has 1 fully saturated rings. The van der Waals surface area contributed by atoms with Crippen molar-refractivity contribution in [2.45, 2.75) is 24.5 Å². The number of ether oxygens (including phenoxy) is 1. The molecule has 166 valence electrons. The van der Waals surface area contributed by atoms with Gasteiger partial charge >= 0.3 is 118 Å². The van der Waals surface area contributed by atoms with Gasteiger partial charge in [-0.2, -0.15) is 0 Å². The van der Waals surface area contributed by atoms with Crippen molar-refractivity contribution in [3.63, 3.8) is 0 Å². The molecule has 24 heteroatoms. The standard InChI is InChI=1S/C9H15N2O14P3S.4Na/c12-5-1-2-11(9(29)10-5)8-7(14)6(13)4(23-8)3-22-27(18,19)25-28(20,21)24-26(15,16)17;;;;/h1-2,4,6-8,13-14H,3H2,(H,18,19)(H,20,21)(H,10,12,29)(H2,15,16,17);;;;/q;4*+1/p-4/t4-,6?,7+,8-;;;;/m1..../s1. The largest absolute Gasteiger partial charge is 1.00 e. The summed E-state index contributed by atoms with van der Waals surface area (Å²) in [6, 6.07) is 1.03. The second-order valence-electron chi connectivity index (χ2n) is 5.36. The average molecular weight is 588 g/mol. The van der Waals surface area contributed by atoms with Crippen LogP contribution in [0, 0.1) is 4.77 Å². The third kappa shape index (κ3) is 13.3.